The first-order valence-corrected chi connectivity index (χ1v) is 5.46. The van der Waals surface area contributed by atoms with Crippen LogP contribution in [0.2, 0.25) is 0 Å². The molecule has 0 amide bonds. The highest BCUT2D eigenvalue weighted by atomic mass is 16.6. The van der Waals surface area contributed by atoms with E-state index in [4.69, 9.17) is 4.74 Å². The lowest BCUT2D eigenvalue weighted by atomic mass is 9.94. The van der Waals surface area contributed by atoms with Crippen LogP contribution in [0.3, 0.4) is 0 Å². The fraction of sp³-hybridized carbons (Fsp3) is 0.909. The lowest BCUT2D eigenvalue weighted by molar-refractivity contribution is -0.183. The molecule has 1 heterocycles. The van der Waals surface area contributed by atoms with Crippen LogP contribution in [-0.4, -0.2) is 12.1 Å². The second-order valence-corrected chi connectivity index (χ2v) is 3.97. The van der Waals surface area contributed by atoms with Crippen molar-refractivity contribution in [3.05, 3.63) is 0 Å². The molecular weight excluding hydrogens is 164 g/mol. The maximum atomic E-state index is 10.8. The third-order valence-electron chi connectivity index (χ3n) is 2.79. The molecule has 2 nitrogen and oxygen atoms in total. The first kappa shape index (κ1) is 10.6. The summed E-state index contributed by atoms with van der Waals surface area (Å²) in [5.74, 6) is 0.143. The summed E-state index contributed by atoms with van der Waals surface area (Å²) < 4.78 is 5.02. The molecule has 0 saturated carbocycles. The van der Waals surface area contributed by atoms with Gasteiger partial charge >= 0.3 is 5.97 Å². The van der Waals surface area contributed by atoms with Crippen LogP contribution in [0.1, 0.15) is 52.4 Å². The standard InChI is InChI=1S/C11H20O2/c1-3-4-5-6-7-8-10-9(2)11(12)13-10/h9-10H,3-8H2,1-2H3. The normalized spacial score (nSPS) is 26.8. The van der Waals surface area contributed by atoms with E-state index in [1.165, 1.54) is 32.1 Å². The van der Waals surface area contributed by atoms with Gasteiger partial charge in [-0.2, -0.15) is 0 Å². The molecule has 0 spiro atoms. The van der Waals surface area contributed by atoms with Crippen LogP contribution in [-0.2, 0) is 9.53 Å². The van der Waals surface area contributed by atoms with Gasteiger partial charge in [-0.3, -0.25) is 4.79 Å². The zero-order valence-corrected chi connectivity index (χ0v) is 8.71. The van der Waals surface area contributed by atoms with E-state index in [2.05, 4.69) is 6.92 Å². The summed E-state index contributed by atoms with van der Waals surface area (Å²) in [6.45, 7) is 4.18. The van der Waals surface area contributed by atoms with Gasteiger partial charge in [0.15, 0.2) is 0 Å². The summed E-state index contributed by atoms with van der Waals surface area (Å²) >= 11 is 0. The van der Waals surface area contributed by atoms with Crippen molar-refractivity contribution in [1.82, 2.24) is 0 Å². The Hall–Kier alpha value is -0.530. The van der Waals surface area contributed by atoms with Crippen molar-refractivity contribution in [3.8, 4) is 0 Å². The molecule has 2 unspecified atom stereocenters. The molecule has 0 N–H and O–H groups in total. The fourth-order valence-electron chi connectivity index (χ4n) is 1.70. The zero-order chi connectivity index (χ0) is 9.68. The topological polar surface area (TPSA) is 26.3 Å². The first-order chi connectivity index (χ1) is 6.25. The number of hydrogen-bond acceptors (Lipinski definition) is 2. The van der Waals surface area contributed by atoms with Crippen LogP contribution in [0.25, 0.3) is 0 Å². The highest BCUT2D eigenvalue weighted by Crippen LogP contribution is 2.26. The van der Waals surface area contributed by atoms with Crippen molar-refractivity contribution >= 4 is 5.97 Å². The minimum atomic E-state index is -0.0152. The summed E-state index contributed by atoms with van der Waals surface area (Å²) in [5, 5.41) is 0. The molecule has 2 atom stereocenters. The van der Waals surface area contributed by atoms with Crippen molar-refractivity contribution < 1.29 is 9.53 Å². The molecular formula is C11H20O2. The van der Waals surface area contributed by atoms with Crippen molar-refractivity contribution in [2.75, 3.05) is 0 Å². The molecule has 0 bridgehead atoms. The fourth-order valence-corrected chi connectivity index (χ4v) is 1.70. The van der Waals surface area contributed by atoms with Crippen LogP contribution >= 0.6 is 0 Å². The number of ether oxygens (including phenoxy) is 1. The van der Waals surface area contributed by atoms with Gasteiger partial charge in [0.1, 0.15) is 6.10 Å². The summed E-state index contributed by atoms with van der Waals surface area (Å²) in [6, 6.07) is 0. The van der Waals surface area contributed by atoms with Gasteiger partial charge in [0, 0.05) is 0 Å². The van der Waals surface area contributed by atoms with Crippen LogP contribution in [0.5, 0.6) is 0 Å². The van der Waals surface area contributed by atoms with Gasteiger partial charge < -0.3 is 4.74 Å². The number of carbonyl (C=O) groups excluding carboxylic acids is 1. The molecule has 2 heteroatoms. The number of carbonyl (C=O) groups is 1. The average molecular weight is 184 g/mol. The highest BCUT2D eigenvalue weighted by molar-refractivity contribution is 5.77. The number of unbranched alkanes of at least 4 members (excludes halogenated alkanes) is 4. The Morgan fingerprint density at radius 2 is 1.92 bits per heavy atom. The van der Waals surface area contributed by atoms with Crippen LogP contribution < -0.4 is 0 Å². The number of esters is 1. The van der Waals surface area contributed by atoms with Crippen LogP contribution in [0, 0.1) is 5.92 Å². The largest absolute Gasteiger partial charge is 0.461 e. The monoisotopic (exact) mass is 184 g/mol. The van der Waals surface area contributed by atoms with Gasteiger partial charge in [-0.05, 0) is 19.8 Å². The van der Waals surface area contributed by atoms with E-state index in [9.17, 15) is 4.79 Å². The maximum Gasteiger partial charge on any atom is 0.312 e. The Labute approximate surface area is 80.7 Å². The Morgan fingerprint density at radius 1 is 1.23 bits per heavy atom. The second-order valence-electron chi connectivity index (χ2n) is 3.97. The number of cyclic esters (lactones) is 1. The molecule has 1 aliphatic heterocycles. The molecule has 0 aliphatic carbocycles. The molecule has 1 fully saturated rings. The van der Waals surface area contributed by atoms with E-state index < -0.39 is 0 Å². The van der Waals surface area contributed by atoms with E-state index in [1.54, 1.807) is 0 Å². The summed E-state index contributed by atoms with van der Waals surface area (Å²) in [6.07, 6.45) is 7.74. The van der Waals surface area contributed by atoms with Gasteiger partial charge in [0.2, 0.25) is 0 Å². The minimum Gasteiger partial charge on any atom is -0.461 e. The van der Waals surface area contributed by atoms with Crippen molar-refractivity contribution in [2.45, 2.75) is 58.5 Å². The van der Waals surface area contributed by atoms with E-state index in [-0.39, 0.29) is 18.0 Å². The number of rotatable bonds is 6. The minimum absolute atomic E-state index is 0.0152. The van der Waals surface area contributed by atoms with Gasteiger partial charge in [-0.25, -0.2) is 0 Å². The Kier molecular flexibility index (Phi) is 4.26. The molecule has 1 saturated heterocycles. The quantitative estimate of drug-likeness (QED) is 0.468. The van der Waals surface area contributed by atoms with Crippen molar-refractivity contribution in [1.29, 1.82) is 0 Å². The third kappa shape index (κ3) is 3.02. The average Bonchev–Trinajstić information content (AvgIpc) is 2.15. The summed E-state index contributed by atoms with van der Waals surface area (Å²) in [7, 11) is 0. The molecule has 0 aromatic rings. The van der Waals surface area contributed by atoms with Crippen molar-refractivity contribution in [2.24, 2.45) is 5.92 Å². The first-order valence-electron chi connectivity index (χ1n) is 5.46. The Morgan fingerprint density at radius 3 is 2.46 bits per heavy atom. The van der Waals surface area contributed by atoms with Crippen molar-refractivity contribution in [3.63, 3.8) is 0 Å². The zero-order valence-electron chi connectivity index (χ0n) is 8.71. The predicted molar refractivity (Wildman–Crippen MR) is 52.4 cm³/mol. The number of hydrogen-bond donors (Lipinski definition) is 0. The van der Waals surface area contributed by atoms with Gasteiger partial charge in [-0.15, -0.1) is 0 Å². The molecule has 1 aliphatic rings. The molecule has 0 radical (unpaired) electrons. The van der Waals surface area contributed by atoms with Crippen LogP contribution in [0.15, 0.2) is 0 Å². The van der Waals surface area contributed by atoms with Crippen LogP contribution in [0.4, 0.5) is 0 Å². The van der Waals surface area contributed by atoms with E-state index in [0.29, 0.717) is 0 Å². The van der Waals surface area contributed by atoms with E-state index in [1.807, 2.05) is 6.92 Å². The molecule has 0 aromatic heterocycles. The molecule has 0 aromatic carbocycles. The Balaban J connectivity index is 1.92. The lowest BCUT2D eigenvalue weighted by Crippen LogP contribution is -2.42. The summed E-state index contributed by atoms with van der Waals surface area (Å²) in [4.78, 5) is 10.8. The molecule has 1 rings (SSSR count). The van der Waals surface area contributed by atoms with E-state index >= 15 is 0 Å². The van der Waals surface area contributed by atoms with E-state index in [0.717, 1.165) is 6.42 Å². The highest BCUT2D eigenvalue weighted by Gasteiger charge is 2.37. The summed E-state index contributed by atoms with van der Waals surface area (Å²) in [5.41, 5.74) is 0. The third-order valence-corrected chi connectivity index (χ3v) is 2.79. The maximum absolute atomic E-state index is 10.8. The SMILES string of the molecule is CCCCCCCC1OC(=O)C1C. The lowest BCUT2D eigenvalue weighted by Gasteiger charge is -2.32. The second kappa shape index (κ2) is 5.25. The Bertz CT molecular complexity index is 165. The van der Waals surface area contributed by atoms with Gasteiger partial charge in [0.25, 0.3) is 0 Å². The smallest absolute Gasteiger partial charge is 0.312 e. The molecule has 76 valence electrons. The predicted octanol–water partition coefficient (Wildman–Crippen LogP) is 2.91. The molecule has 13 heavy (non-hydrogen) atoms. The van der Waals surface area contributed by atoms with Gasteiger partial charge in [0.05, 0.1) is 5.92 Å². The van der Waals surface area contributed by atoms with Gasteiger partial charge in [-0.1, -0.05) is 32.6 Å².